The Hall–Kier alpha value is -0.370. The topological polar surface area (TPSA) is 37.3 Å². The van der Waals surface area contributed by atoms with Crippen LogP contribution in [0.25, 0.3) is 0 Å². The summed E-state index contributed by atoms with van der Waals surface area (Å²) in [6.45, 7) is 0. The minimum absolute atomic E-state index is 0.0741. The molecule has 0 saturated heterocycles. The molecule has 0 heterocycles. The fourth-order valence-corrected chi connectivity index (χ4v) is 2.10. The summed E-state index contributed by atoms with van der Waals surface area (Å²) in [6, 6.07) is 0. The van der Waals surface area contributed by atoms with Gasteiger partial charge in [0.15, 0.2) is 5.78 Å². The normalized spacial score (nSPS) is 46.1. The standard InChI is InChI=1S/C8H12O2/c9-7-3-5-1-6(2-5)4-8(7)10/h5-7,9H,1-4H2. The maximum Gasteiger partial charge on any atom is 0.161 e. The lowest BCUT2D eigenvalue weighted by molar-refractivity contribution is -0.127. The molecule has 0 aromatic carbocycles. The van der Waals surface area contributed by atoms with Crippen molar-refractivity contribution in [2.24, 2.45) is 11.8 Å². The monoisotopic (exact) mass is 140 g/mol. The quantitative estimate of drug-likeness (QED) is 0.538. The molecule has 0 aliphatic heterocycles. The van der Waals surface area contributed by atoms with E-state index in [-0.39, 0.29) is 5.78 Å². The second-order valence-corrected chi connectivity index (χ2v) is 3.63. The maximum atomic E-state index is 11.0. The molecule has 0 radical (unpaired) electrons. The molecule has 0 spiro atoms. The van der Waals surface area contributed by atoms with E-state index in [2.05, 4.69) is 0 Å². The minimum atomic E-state index is -0.627. The van der Waals surface area contributed by atoms with Crippen molar-refractivity contribution in [1.29, 1.82) is 0 Å². The van der Waals surface area contributed by atoms with Crippen molar-refractivity contribution < 1.29 is 9.90 Å². The van der Waals surface area contributed by atoms with Crippen molar-refractivity contribution in [2.75, 3.05) is 0 Å². The summed E-state index contributed by atoms with van der Waals surface area (Å²) in [6.07, 6.45) is 3.11. The fourth-order valence-electron chi connectivity index (χ4n) is 2.10. The zero-order chi connectivity index (χ0) is 7.14. The van der Waals surface area contributed by atoms with Crippen LogP contribution in [0.2, 0.25) is 0 Å². The van der Waals surface area contributed by atoms with Crippen LogP contribution in [0.5, 0.6) is 0 Å². The first-order valence-electron chi connectivity index (χ1n) is 3.96. The van der Waals surface area contributed by atoms with E-state index in [1.54, 1.807) is 0 Å². The molecule has 0 aromatic heterocycles. The molecule has 0 aromatic rings. The van der Waals surface area contributed by atoms with Gasteiger partial charge in [-0.1, -0.05) is 0 Å². The number of aliphatic hydroxyl groups excluding tert-OH is 1. The van der Waals surface area contributed by atoms with E-state index in [4.69, 9.17) is 0 Å². The predicted molar refractivity (Wildman–Crippen MR) is 36.5 cm³/mol. The van der Waals surface area contributed by atoms with Crippen molar-refractivity contribution in [1.82, 2.24) is 0 Å². The second kappa shape index (κ2) is 2.06. The third-order valence-corrected chi connectivity index (χ3v) is 2.75. The first kappa shape index (κ1) is 6.35. The average Bonchev–Trinajstić information content (AvgIpc) is 1.97. The zero-order valence-corrected chi connectivity index (χ0v) is 5.92. The number of rotatable bonds is 0. The van der Waals surface area contributed by atoms with Gasteiger partial charge in [0.1, 0.15) is 6.10 Å². The second-order valence-electron chi connectivity index (χ2n) is 3.63. The summed E-state index contributed by atoms with van der Waals surface area (Å²) in [5, 5.41) is 9.21. The first-order chi connectivity index (χ1) is 4.75. The van der Waals surface area contributed by atoms with Gasteiger partial charge in [-0.3, -0.25) is 4.79 Å². The van der Waals surface area contributed by atoms with Crippen LogP contribution >= 0.6 is 0 Å². The van der Waals surface area contributed by atoms with Gasteiger partial charge in [-0.05, 0) is 31.1 Å². The van der Waals surface area contributed by atoms with E-state index in [0.717, 1.165) is 6.42 Å². The Labute approximate surface area is 60.2 Å². The molecule has 3 saturated carbocycles. The highest BCUT2D eigenvalue weighted by Crippen LogP contribution is 2.42. The van der Waals surface area contributed by atoms with Gasteiger partial charge in [0, 0.05) is 6.42 Å². The molecule has 10 heavy (non-hydrogen) atoms. The summed E-state index contributed by atoms with van der Waals surface area (Å²) < 4.78 is 0. The number of aliphatic hydroxyl groups is 1. The minimum Gasteiger partial charge on any atom is -0.385 e. The molecular weight excluding hydrogens is 128 g/mol. The molecule has 2 bridgehead atoms. The molecule has 2 nitrogen and oxygen atoms in total. The Morgan fingerprint density at radius 2 is 1.90 bits per heavy atom. The van der Waals surface area contributed by atoms with E-state index in [1.165, 1.54) is 12.8 Å². The van der Waals surface area contributed by atoms with Gasteiger partial charge in [-0.2, -0.15) is 0 Å². The lowest BCUT2D eigenvalue weighted by Crippen LogP contribution is -2.21. The summed E-state index contributed by atoms with van der Waals surface area (Å²) >= 11 is 0. The third kappa shape index (κ3) is 0.870. The SMILES string of the molecule is O=C1CC2CC(C2)CC1O. The predicted octanol–water partition coefficient (Wildman–Crippen LogP) is 0.736. The number of Topliss-reactive ketones (excluding diaryl/α,β-unsaturated/α-hetero) is 1. The van der Waals surface area contributed by atoms with Gasteiger partial charge in [0.2, 0.25) is 0 Å². The third-order valence-electron chi connectivity index (χ3n) is 2.75. The first-order valence-corrected chi connectivity index (χ1v) is 3.96. The Bertz CT molecular complexity index is 159. The molecule has 3 fully saturated rings. The smallest absolute Gasteiger partial charge is 0.161 e. The van der Waals surface area contributed by atoms with Crippen LogP contribution in [0, 0.1) is 11.8 Å². The number of carbonyl (C=O) groups excluding carboxylic acids is 1. The van der Waals surface area contributed by atoms with Crippen LogP contribution in [0.1, 0.15) is 25.7 Å². The van der Waals surface area contributed by atoms with Gasteiger partial charge in [0.25, 0.3) is 0 Å². The lowest BCUT2D eigenvalue weighted by atomic mass is 9.74. The average molecular weight is 140 g/mol. The molecular formula is C8H12O2. The van der Waals surface area contributed by atoms with E-state index >= 15 is 0 Å². The summed E-state index contributed by atoms with van der Waals surface area (Å²) in [5.74, 6) is 1.35. The molecule has 3 rings (SSSR count). The highest BCUT2D eigenvalue weighted by molar-refractivity contribution is 5.83. The van der Waals surface area contributed by atoms with Crippen LogP contribution in [-0.2, 0) is 4.79 Å². The van der Waals surface area contributed by atoms with Crippen molar-refractivity contribution in [3.8, 4) is 0 Å². The number of fused-ring (bicyclic) bond motifs is 3. The Balaban J connectivity index is 2.08. The number of hydrogen-bond donors (Lipinski definition) is 1. The van der Waals surface area contributed by atoms with Crippen molar-refractivity contribution in [3.63, 3.8) is 0 Å². The largest absolute Gasteiger partial charge is 0.385 e. The van der Waals surface area contributed by atoms with Crippen LogP contribution in [0.15, 0.2) is 0 Å². The van der Waals surface area contributed by atoms with Gasteiger partial charge in [-0.15, -0.1) is 0 Å². The highest BCUT2D eigenvalue weighted by Gasteiger charge is 2.38. The van der Waals surface area contributed by atoms with Crippen molar-refractivity contribution in [3.05, 3.63) is 0 Å². The van der Waals surface area contributed by atoms with Crippen LogP contribution in [0.3, 0.4) is 0 Å². The van der Waals surface area contributed by atoms with Crippen LogP contribution < -0.4 is 0 Å². The van der Waals surface area contributed by atoms with E-state index in [0.29, 0.717) is 18.3 Å². The van der Waals surface area contributed by atoms with Gasteiger partial charge < -0.3 is 5.11 Å². The van der Waals surface area contributed by atoms with E-state index < -0.39 is 6.10 Å². The molecule has 3 aliphatic carbocycles. The summed E-state index contributed by atoms with van der Waals surface area (Å²) in [7, 11) is 0. The van der Waals surface area contributed by atoms with Gasteiger partial charge in [-0.25, -0.2) is 0 Å². The number of hydrogen-bond acceptors (Lipinski definition) is 2. The summed E-state index contributed by atoms with van der Waals surface area (Å²) in [4.78, 5) is 11.0. The van der Waals surface area contributed by atoms with Crippen molar-refractivity contribution >= 4 is 5.78 Å². The Kier molecular flexibility index (Phi) is 1.31. The van der Waals surface area contributed by atoms with Gasteiger partial charge in [0.05, 0.1) is 0 Å². The molecule has 2 heteroatoms. The van der Waals surface area contributed by atoms with E-state index in [9.17, 15) is 9.90 Å². The van der Waals surface area contributed by atoms with Crippen LogP contribution in [-0.4, -0.2) is 17.0 Å². The zero-order valence-electron chi connectivity index (χ0n) is 5.92. The van der Waals surface area contributed by atoms with Crippen LogP contribution in [0.4, 0.5) is 0 Å². The summed E-state index contributed by atoms with van der Waals surface area (Å²) in [5.41, 5.74) is 0. The Morgan fingerprint density at radius 1 is 1.20 bits per heavy atom. The maximum absolute atomic E-state index is 11.0. The lowest BCUT2D eigenvalue weighted by Gasteiger charge is -2.31. The van der Waals surface area contributed by atoms with E-state index in [1.807, 2.05) is 0 Å². The number of ketones is 1. The highest BCUT2D eigenvalue weighted by atomic mass is 16.3. The number of carbonyl (C=O) groups is 1. The van der Waals surface area contributed by atoms with Gasteiger partial charge >= 0.3 is 0 Å². The van der Waals surface area contributed by atoms with Crippen molar-refractivity contribution in [2.45, 2.75) is 31.8 Å². The Morgan fingerprint density at radius 3 is 2.60 bits per heavy atom. The fraction of sp³-hybridized carbons (Fsp3) is 0.875. The molecule has 1 N–H and O–H groups in total. The molecule has 3 aliphatic rings. The molecule has 1 atom stereocenters. The molecule has 0 amide bonds. The molecule has 1 unspecified atom stereocenters. The molecule has 56 valence electrons.